The Kier molecular flexibility index (Phi) is 4.10. The van der Waals surface area contributed by atoms with E-state index in [-0.39, 0.29) is 11.2 Å². The topological polar surface area (TPSA) is 38.7 Å². The van der Waals surface area contributed by atoms with Crippen LogP contribution in [0.5, 0.6) is 5.75 Å². The largest absolute Gasteiger partial charge is 0.508 e. The zero-order valence-corrected chi connectivity index (χ0v) is 14.7. The van der Waals surface area contributed by atoms with Crippen LogP contribution in [-0.2, 0) is 15.7 Å². The Morgan fingerprint density at radius 2 is 1.91 bits per heavy atom. The average Bonchev–Trinajstić information content (AvgIpc) is 2.67. The molecule has 1 aromatic carbocycles. The third-order valence-electron chi connectivity index (χ3n) is 5.65. The van der Waals surface area contributed by atoms with Crippen molar-refractivity contribution in [2.24, 2.45) is 0 Å². The summed E-state index contributed by atoms with van der Waals surface area (Å²) < 4.78 is 12.5. The summed E-state index contributed by atoms with van der Waals surface area (Å²) in [6, 6.07) is 3.72. The van der Waals surface area contributed by atoms with Crippen molar-refractivity contribution < 1.29 is 14.4 Å². The van der Waals surface area contributed by atoms with E-state index in [1.54, 1.807) is 0 Å². The van der Waals surface area contributed by atoms with Crippen LogP contribution in [0.15, 0.2) is 24.8 Å². The van der Waals surface area contributed by atoms with Crippen LogP contribution in [0.1, 0.15) is 64.0 Å². The van der Waals surface area contributed by atoms with Gasteiger partial charge in [-0.3, -0.25) is 0 Å². The van der Waals surface area contributed by atoms with Crippen molar-refractivity contribution in [2.75, 3.05) is 0 Å². The Bertz CT molecular complexity index is 605. The molecule has 0 aromatic heterocycles. The van der Waals surface area contributed by atoms with Crippen molar-refractivity contribution in [3.63, 3.8) is 0 Å². The summed E-state index contributed by atoms with van der Waals surface area (Å²) in [5.41, 5.74) is 2.77. The van der Waals surface area contributed by atoms with E-state index in [9.17, 15) is 5.11 Å². The van der Waals surface area contributed by atoms with Gasteiger partial charge in [0.1, 0.15) is 5.75 Å². The molecule has 1 heterocycles. The molecule has 23 heavy (non-hydrogen) atoms. The molecule has 1 fully saturated rings. The van der Waals surface area contributed by atoms with Crippen molar-refractivity contribution in [3.05, 3.63) is 35.9 Å². The second-order valence-electron chi connectivity index (χ2n) is 7.81. The van der Waals surface area contributed by atoms with E-state index in [1.807, 2.05) is 18.2 Å². The smallest absolute Gasteiger partial charge is 0.495 e. The Morgan fingerprint density at radius 3 is 2.52 bits per heavy atom. The number of hydrogen-bond donors (Lipinski definition) is 1. The van der Waals surface area contributed by atoms with Gasteiger partial charge in [0.15, 0.2) is 0 Å². The number of allylic oxidation sites excluding steroid dienone is 1. The van der Waals surface area contributed by atoms with Crippen molar-refractivity contribution in [2.45, 2.75) is 70.5 Å². The SMILES string of the molecule is C=CCC1CCCc2cc(O)cc(B3OC(C)(C)C(C)(C)O3)c21. The first kappa shape index (κ1) is 16.6. The maximum Gasteiger partial charge on any atom is 0.495 e. The molecule has 0 radical (unpaired) electrons. The van der Waals surface area contributed by atoms with Crippen LogP contribution in [0, 0.1) is 0 Å². The second kappa shape index (κ2) is 5.68. The minimum absolute atomic E-state index is 0.299. The van der Waals surface area contributed by atoms with Crippen LogP contribution in [0.3, 0.4) is 0 Å². The second-order valence-corrected chi connectivity index (χ2v) is 7.81. The van der Waals surface area contributed by atoms with Crippen molar-refractivity contribution in [3.8, 4) is 5.75 Å². The average molecular weight is 314 g/mol. The van der Waals surface area contributed by atoms with Crippen molar-refractivity contribution in [1.82, 2.24) is 0 Å². The molecule has 2 aliphatic rings. The van der Waals surface area contributed by atoms with Crippen LogP contribution >= 0.6 is 0 Å². The molecule has 1 N–H and O–H groups in total. The number of fused-ring (bicyclic) bond motifs is 1. The molecule has 4 heteroatoms. The molecule has 3 nitrogen and oxygen atoms in total. The molecule has 1 aliphatic heterocycles. The van der Waals surface area contributed by atoms with Crippen LogP contribution < -0.4 is 5.46 Å². The Morgan fingerprint density at radius 1 is 1.26 bits per heavy atom. The highest BCUT2D eigenvalue weighted by Crippen LogP contribution is 2.40. The highest BCUT2D eigenvalue weighted by atomic mass is 16.7. The van der Waals surface area contributed by atoms with Gasteiger partial charge in [-0.1, -0.05) is 6.08 Å². The standard InChI is InChI=1S/C19H27BO3/c1-6-8-13-9-7-10-14-11-15(21)12-16(17(13)14)20-22-18(2,3)19(4,5)23-20/h6,11-13,21H,1,7-10H2,2-5H3. The lowest BCUT2D eigenvalue weighted by Gasteiger charge is -2.32. The summed E-state index contributed by atoms with van der Waals surface area (Å²) in [5, 5.41) is 10.2. The molecule has 0 amide bonds. The summed E-state index contributed by atoms with van der Waals surface area (Å²) >= 11 is 0. The number of benzene rings is 1. The van der Waals surface area contributed by atoms with E-state index in [4.69, 9.17) is 9.31 Å². The minimum Gasteiger partial charge on any atom is -0.508 e. The van der Waals surface area contributed by atoms with E-state index in [2.05, 4.69) is 34.3 Å². The predicted molar refractivity (Wildman–Crippen MR) is 94.3 cm³/mol. The van der Waals surface area contributed by atoms with E-state index in [0.29, 0.717) is 11.7 Å². The third kappa shape index (κ3) is 2.83. The summed E-state index contributed by atoms with van der Waals surface area (Å²) in [5.74, 6) is 0.735. The van der Waals surface area contributed by atoms with Gasteiger partial charge in [0.2, 0.25) is 0 Å². The monoisotopic (exact) mass is 314 g/mol. The number of aromatic hydroxyl groups is 1. The van der Waals surface area contributed by atoms with Gasteiger partial charge in [-0.2, -0.15) is 0 Å². The Hall–Kier alpha value is -1.26. The summed E-state index contributed by atoms with van der Waals surface area (Å²) in [6.07, 6.45) is 6.24. The van der Waals surface area contributed by atoms with E-state index >= 15 is 0 Å². The van der Waals surface area contributed by atoms with Gasteiger partial charge >= 0.3 is 7.12 Å². The fourth-order valence-electron chi connectivity index (χ4n) is 3.71. The number of hydrogen-bond acceptors (Lipinski definition) is 3. The van der Waals surface area contributed by atoms with Crippen LogP contribution in [0.2, 0.25) is 0 Å². The van der Waals surface area contributed by atoms with Crippen LogP contribution in [-0.4, -0.2) is 23.4 Å². The quantitative estimate of drug-likeness (QED) is 0.683. The van der Waals surface area contributed by atoms with E-state index < -0.39 is 7.12 Å². The number of rotatable bonds is 3. The lowest BCUT2D eigenvalue weighted by molar-refractivity contribution is 0.00578. The van der Waals surface area contributed by atoms with Gasteiger partial charge in [0.05, 0.1) is 11.2 Å². The first-order chi connectivity index (χ1) is 10.7. The van der Waals surface area contributed by atoms with Gasteiger partial charge in [0, 0.05) is 0 Å². The fourth-order valence-corrected chi connectivity index (χ4v) is 3.71. The fraction of sp³-hybridized carbons (Fsp3) is 0.579. The molecule has 1 aromatic rings. The lowest BCUT2D eigenvalue weighted by atomic mass is 9.67. The Labute approximate surface area is 139 Å². The molecule has 0 spiro atoms. The highest BCUT2D eigenvalue weighted by Gasteiger charge is 2.52. The number of aryl methyl sites for hydroxylation is 1. The molecular formula is C19H27BO3. The first-order valence-corrected chi connectivity index (χ1v) is 8.57. The molecule has 124 valence electrons. The molecular weight excluding hydrogens is 287 g/mol. The number of phenols is 1. The van der Waals surface area contributed by atoms with Gasteiger partial charge in [-0.15, -0.1) is 6.58 Å². The molecule has 3 rings (SSSR count). The van der Waals surface area contributed by atoms with Gasteiger partial charge in [-0.25, -0.2) is 0 Å². The molecule has 0 bridgehead atoms. The van der Waals surface area contributed by atoms with Gasteiger partial charge in [0.25, 0.3) is 0 Å². The van der Waals surface area contributed by atoms with Gasteiger partial charge in [-0.05, 0) is 88.0 Å². The van der Waals surface area contributed by atoms with E-state index in [0.717, 1.165) is 31.1 Å². The summed E-state index contributed by atoms with van der Waals surface area (Å²) in [6.45, 7) is 12.1. The maximum absolute atomic E-state index is 10.2. The zero-order valence-electron chi connectivity index (χ0n) is 14.7. The Balaban J connectivity index is 2.06. The molecule has 0 saturated carbocycles. The van der Waals surface area contributed by atoms with Crippen molar-refractivity contribution >= 4 is 12.6 Å². The molecule has 1 unspecified atom stereocenters. The lowest BCUT2D eigenvalue weighted by Crippen LogP contribution is -2.41. The highest BCUT2D eigenvalue weighted by molar-refractivity contribution is 6.62. The molecule has 1 atom stereocenters. The van der Waals surface area contributed by atoms with Crippen molar-refractivity contribution in [1.29, 1.82) is 0 Å². The summed E-state index contributed by atoms with van der Waals surface area (Å²) in [4.78, 5) is 0. The molecule has 1 aliphatic carbocycles. The third-order valence-corrected chi connectivity index (χ3v) is 5.65. The summed E-state index contributed by atoms with van der Waals surface area (Å²) in [7, 11) is -0.425. The number of phenolic OH excluding ortho intramolecular Hbond substituents is 1. The van der Waals surface area contributed by atoms with Crippen LogP contribution in [0.25, 0.3) is 0 Å². The normalized spacial score (nSPS) is 25.2. The maximum atomic E-state index is 10.2. The predicted octanol–water partition coefficient (Wildman–Crippen LogP) is 3.69. The van der Waals surface area contributed by atoms with Gasteiger partial charge < -0.3 is 14.4 Å². The van der Waals surface area contributed by atoms with E-state index in [1.165, 1.54) is 11.1 Å². The molecule has 1 saturated heterocycles. The first-order valence-electron chi connectivity index (χ1n) is 8.57. The van der Waals surface area contributed by atoms with Crippen LogP contribution in [0.4, 0.5) is 0 Å². The minimum atomic E-state index is -0.425. The zero-order chi connectivity index (χ0) is 16.8.